The Morgan fingerprint density at radius 1 is 1.43 bits per heavy atom. The van der Waals surface area contributed by atoms with Gasteiger partial charge in [0, 0.05) is 13.2 Å². The first-order valence-electron chi connectivity index (χ1n) is 5.80. The lowest BCUT2D eigenvalue weighted by Gasteiger charge is -2.05. The van der Waals surface area contributed by atoms with Gasteiger partial charge in [0.05, 0.1) is 11.3 Å². The van der Waals surface area contributed by atoms with Crippen LogP contribution < -0.4 is 5.32 Å². The lowest BCUT2D eigenvalue weighted by atomic mass is 10.2. The molecule has 0 spiro atoms. The number of ether oxygens (including phenoxy) is 1. The molecule has 8 heteroatoms. The van der Waals surface area contributed by atoms with E-state index in [1.807, 2.05) is 0 Å². The molecule has 0 saturated carbocycles. The van der Waals surface area contributed by atoms with Crippen molar-refractivity contribution in [2.45, 2.75) is 6.61 Å². The van der Waals surface area contributed by atoms with Gasteiger partial charge in [-0.15, -0.1) is 0 Å². The maximum absolute atomic E-state index is 13.6. The summed E-state index contributed by atoms with van der Waals surface area (Å²) in [6, 6.07) is 4.42. The zero-order chi connectivity index (χ0) is 15.4. The van der Waals surface area contributed by atoms with Crippen LogP contribution in [0.25, 0.3) is 0 Å². The highest BCUT2D eigenvalue weighted by Crippen LogP contribution is 2.17. The number of nitrogens with zero attached hydrogens (tertiary/aromatic N) is 1. The number of halogens is 1. The molecule has 0 atom stereocenters. The Balaban J connectivity index is 2.18. The zero-order valence-corrected chi connectivity index (χ0v) is 10.9. The van der Waals surface area contributed by atoms with Crippen LogP contribution in [0.15, 0.2) is 28.8 Å². The molecule has 0 aliphatic carbocycles. The molecule has 2 N–H and O–H groups in total. The molecule has 0 aliphatic heterocycles. The van der Waals surface area contributed by atoms with E-state index in [1.165, 1.54) is 13.2 Å². The molecule has 1 aromatic heterocycles. The minimum absolute atomic E-state index is 0.0674. The van der Waals surface area contributed by atoms with Crippen molar-refractivity contribution in [2.75, 3.05) is 12.4 Å². The number of hydrogen-bond acceptors (Lipinski definition) is 5. The average molecular weight is 294 g/mol. The van der Waals surface area contributed by atoms with E-state index in [0.717, 1.165) is 18.2 Å². The highest BCUT2D eigenvalue weighted by molar-refractivity contribution is 6.03. The lowest BCUT2D eigenvalue weighted by Crippen LogP contribution is -2.14. The van der Waals surface area contributed by atoms with Crippen molar-refractivity contribution in [2.24, 2.45) is 0 Å². The summed E-state index contributed by atoms with van der Waals surface area (Å²) in [7, 11) is 1.45. The van der Waals surface area contributed by atoms with E-state index in [1.54, 1.807) is 0 Å². The van der Waals surface area contributed by atoms with Gasteiger partial charge in [-0.25, -0.2) is 9.18 Å². The van der Waals surface area contributed by atoms with Gasteiger partial charge in [0.1, 0.15) is 12.4 Å². The van der Waals surface area contributed by atoms with Gasteiger partial charge in [-0.05, 0) is 18.2 Å². The molecule has 1 heterocycles. The second-order valence-corrected chi connectivity index (χ2v) is 4.07. The Labute approximate surface area is 118 Å². The predicted molar refractivity (Wildman–Crippen MR) is 68.5 cm³/mol. The van der Waals surface area contributed by atoms with Gasteiger partial charge < -0.3 is 19.7 Å². The van der Waals surface area contributed by atoms with Gasteiger partial charge >= 0.3 is 5.97 Å². The molecule has 0 radical (unpaired) electrons. The Morgan fingerprint density at radius 2 is 2.19 bits per heavy atom. The largest absolute Gasteiger partial charge is 0.478 e. The molecule has 1 aromatic carbocycles. The van der Waals surface area contributed by atoms with Crippen molar-refractivity contribution in [3.05, 3.63) is 47.1 Å². The fraction of sp³-hybridized carbons (Fsp3) is 0.154. The zero-order valence-electron chi connectivity index (χ0n) is 10.9. The molecule has 0 unspecified atom stereocenters. The number of carboxylic acids is 1. The lowest BCUT2D eigenvalue weighted by molar-refractivity contribution is 0.0696. The predicted octanol–water partition coefficient (Wildman–Crippen LogP) is 1.91. The smallest absolute Gasteiger partial charge is 0.335 e. The standard InChI is InChI=1S/C13H11FN2O5/c1-20-6-8-5-11(16-21-8)12(17)15-10-4-7(13(18)19)2-3-9(10)14/h2-5H,6H2,1H3,(H,15,17)(H,18,19). The van der Waals surface area contributed by atoms with Crippen molar-refractivity contribution in [1.29, 1.82) is 0 Å². The topological polar surface area (TPSA) is 102 Å². The van der Waals surface area contributed by atoms with Crippen molar-refractivity contribution >= 4 is 17.6 Å². The Kier molecular flexibility index (Phi) is 4.29. The van der Waals surface area contributed by atoms with Crippen LogP contribution in [0.1, 0.15) is 26.6 Å². The van der Waals surface area contributed by atoms with Crippen molar-refractivity contribution in [3.63, 3.8) is 0 Å². The van der Waals surface area contributed by atoms with Crippen LogP contribution in [0.5, 0.6) is 0 Å². The minimum atomic E-state index is -1.23. The van der Waals surface area contributed by atoms with E-state index in [-0.39, 0.29) is 23.6 Å². The molecule has 110 valence electrons. The Bertz CT molecular complexity index is 683. The average Bonchev–Trinajstić information content (AvgIpc) is 2.90. The van der Waals surface area contributed by atoms with E-state index >= 15 is 0 Å². The van der Waals surface area contributed by atoms with Crippen LogP contribution in [0, 0.1) is 5.82 Å². The van der Waals surface area contributed by atoms with E-state index < -0.39 is 17.7 Å². The number of hydrogen-bond donors (Lipinski definition) is 2. The number of anilines is 1. The van der Waals surface area contributed by atoms with Gasteiger partial charge in [0.15, 0.2) is 11.5 Å². The summed E-state index contributed by atoms with van der Waals surface area (Å²) in [5.74, 6) is -2.37. The second kappa shape index (κ2) is 6.14. The summed E-state index contributed by atoms with van der Waals surface area (Å²) in [4.78, 5) is 22.7. The summed E-state index contributed by atoms with van der Waals surface area (Å²) in [6.07, 6.45) is 0. The Hall–Kier alpha value is -2.74. The van der Waals surface area contributed by atoms with E-state index in [2.05, 4.69) is 10.5 Å². The van der Waals surface area contributed by atoms with Crippen LogP contribution >= 0.6 is 0 Å². The molecular weight excluding hydrogens is 283 g/mol. The molecule has 21 heavy (non-hydrogen) atoms. The summed E-state index contributed by atoms with van der Waals surface area (Å²) in [5, 5.41) is 14.6. The monoisotopic (exact) mass is 294 g/mol. The fourth-order valence-electron chi connectivity index (χ4n) is 1.57. The van der Waals surface area contributed by atoms with E-state index in [4.69, 9.17) is 14.4 Å². The molecule has 0 saturated heterocycles. The third-order valence-electron chi connectivity index (χ3n) is 2.54. The van der Waals surface area contributed by atoms with Gasteiger partial charge in [-0.3, -0.25) is 4.79 Å². The molecule has 7 nitrogen and oxygen atoms in total. The van der Waals surface area contributed by atoms with Crippen LogP contribution in [-0.4, -0.2) is 29.2 Å². The number of rotatable bonds is 5. The van der Waals surface area contributed by atoms with E-state index in [0.29, 0.717) is 5.76 Å². The number of benzene rings is 1. The molecule has 0 aliphatic rings. The van der Waals surface area contributed by atoms with Crippen LogP contribution in [0.3, 0.4) is 0 Å². The molecule has 0 fully saturated rings. The van der Waals surface area contributed by atoms with E-state index in [9.17, 15) is 14.0 Å². The number of aromatic nitrogens is 1. The minimum Gasteiger partial charge on any atom is -0.478 e. The maximum Gasteiger partial charge on any atom is 0.335 e. The van der Waals surface area contributed by atoms with Crippen LogP contribution in [0.2, 0.25) is 0 Å². The van der Waals surface area contributed by atoms with Gasteiger partial charge in [0.25, 0.3) is 5.91 Å². The highest BCUT2D eigenvalue weighted by Gasteiger charge is 2.16. The number of amides is 1. The SMILES string of the molecule is COCc1cc(C(=O)Nc2cc(C(=O)O)ccc2F)no1. The third-order valence-corrected chi connectivity index (χ3v) is 2.54. The molecule has 0 bridgehead atoms. The molecule has 2 aromatic rings. The summed E-state index contributed by atoms with van der Waals surface area (Å²) in [6.45, 7) is 0.142. The van der Waals surface area contributed by atoms with Crippen LogP contribution in [-0.2, 0) is 11.3 Å². The summed E-state index contributed by atoms with van der Waals surface area (Å²) >= 11 is 0. The first kappa shape index (κ1) is 14.7. The van der Waals surface area contributed by atoms with Crippen molar-refractivity contribution < 1.29 is 28.3 Å². The molecular formula is C13H11FN2O5. The number of nitrogens with one attached hydrogen (secondary N) is 1. The number of carbonyl (C=O) groups is 2. The fourth-order valence-corrected chi connectivity index (χ4v) is 1.57. The maximum atomic E-state index is 13.6. The Morgan fingerprint density at radius 3 is 2.86 bits per heavy atom. The second-order valence-electron chi connectivity index (χ2n) is 4.07. The number of carbonyl (C=O) groups excluding carboxylic acids is 1. The van der Waals surface area contributed by atoms with Gasteiger partial charge in [0.2, 0.25) is 0 Å². The number of aromatic carboxylic acids is 1. The highest BCUT2D eigenvalue weighted by atomic mass is 19.1. The van der Waals surface area contributed by atoms with Crippen molar-refractivity contribution in [3.8, 4) is 0 Å². The number of carboxylic acid groups (broad SMARTS) is 1. The summed E-state index contributed by atoms with van der Waals surface area (Å²) < 4.78 is 23.2. The normalized spacial score (nSPS) is 10.4. The summed E-state index contributed by atoms with van der Waals surface area (Å²) in [5.41, 5.74) is -0.467. The third kappa shape index (κ3) is 3.42. The van der Waals surface area contributed by atoms with Gasteiger partial charge in [-0.2, -0.15) is 0 Å². The quantitative estimate of drug-likeness (QED) is 0.873. The first-order valence-corrected chi connectivity index (χ1v) is 5.80. The van der Waals surface area contributed by atoms with Crippen molar-refractivity contribution in [1.82, 2.24) is 5.16 Å². The number of methoxy groups -OCH3 is 1. The van der Waals surface area contributed by atoms with Crippen LogP contribution in [0.4, 0.5) is 10.1 Å². The molecule has 2 rings (SSSR count). The first-order chi connectivity index (χ1) is 10.0. The van der Waals surface area contributed by atoms with Gasteiger partial charge in [-0.1, -0.05) is 5.16 Å². The molecule has 1 amide bonds.